The summed E-state index contributed by atoms with van der Waals surface area (Å²) in [4.78, 5) is 22.1. The Labute approximate surface area is 109 Å². The third-order valence-corrected chi connectivity index (χ3v) is 7.76. The molecule has 0 aromatic rings. The fraction of sp³-hybridized carbons (Fsp3) is 0.667. The highest BCUT2D eigenvalue weighted by Crippen LogP contribution is 2.36. The molecule has 0 saturated carbocycles. The first-order valence-corrected chi connectivity index (χ1v) is 8.72. The summed E-state index contributed by atoms with van der Waals surface area (Å²) in [6.07, 6.45) is -0.135. The van der Waals surface area contributed by atoms with Crippen LogP contribution >= 0.6 is 0 Å². The van der Waals surface area contributed by atoms with E-state index in [1.54, 1.807) is 0 Å². The molecule has 1 unspecified atom stereocenters. The van der Waals surface area contributed by atoms with Crippen molar-refractivity contribution in [3.05, 3.63) is 12.7 Å². The molecule has 1 atom stereocenters. The fourth-order valence-electron chi connectivity index (χ4n) is 0.994. The highest BCUT2D eigenvalue weighted by atomic mass is 28.4. The second-order valence-corrected chi connectivity index (χ2v) is 10.5. The van der Waals surface area contributed by atoms with Gasteiger partial charge in [0.15, 0.2) is 14.1 Å². The quantitative estimate of drug-likeness (QED) is 0.575. The lowest BCUT2D eigenvalue weighted by Crippen LogP contribution is -2.48. The van der Waals surface area contributed by atoms with Crippen LogP contribution in [0.25, 0.3) is 0 Å². The van der Waals surface area contributed by atoms with Gasteiger partial charge in [0.1, 0.15) is 6.04 Å². The Balaban J connectivity index is 4.67. The molecule has 0 radical (unpaired) electrons. The first-order valence-electron chi connectivity index (χ1n) is 5.81. The van der Waals surface area contributed by atoms with Crippen molar-refractivity contribution in [2.45, 2.75) is 44.9 Å². The normalized spacial score (nSPS) is 13.8. The first-order chi connectivity index (χ1) is 8.01. The van der Waals surface area contributed by atoms with Gasteiger partial charge in [-0.2, -0.15) is 0 Å². The Morgan fingerprint density at radius 2 is 1.94 bits per heavy atom. The van der Waals surface area contributed by atoms with Gasteiger partial charge in [-0.3, -0.25) is 4.79 Å². The SMILES string of the molecule is C=CC(=O)C(CO[Si](C)(C)C(C)(C)C)NC(=O)O. The minimum atomic E-state index is -2.00. The topological polar surface area (TPSA) is 75.6 Å². The number of carboxylic acid groups (broad SMARTS) is 1. The Bertz CT molecular complexity index is 333. The smallest absolute Gasteiger partial charge is 0.405 e. The number of carbonyl (C=O) groups is 2. The summed E-state index contributed by atoms with van der Waals surface area (Å²) in [5, 5.41) is 10.8. The van der Waals surface area contributed by atoms with E-state index in [4.69, 9.17) is 9.53 Å². The second-order valence-electron chi connectivity index (χ2n) is 5.68. The van der Waals surface area contributed by atoms with Crippen LogP contribution in [0, 0.1) is 0 Å². The van der Waals surface area contributed by atoms with Gasteiger partial charge in [-0.25, -0.2) is 4.79 Å². The summed E-state index contributed by atoms with van der Waals surface area (Å²) in [6.45, 7) is 13.7. The molecule has 1 amide bonds. The van der Waals surface area contributed by atoms with Crippen molar-refractivity contribution in [2.24, 2.45) is 0 Å². The number of amides is 1. The van der Waals surface area contributed by atoms with Crippen molar-refractivity contribution in [2.75, 3.05) is 6.61 Å². The second kappa shape index (κ2) is 6.15. The lowest BCUT2D eigenvalue weighted by molar-refractivity contribution is -0.117. The monoisotopic (exact) mass is 273 g/mol. The van der Waals surface area contributed by atoms with E-state index in [0.717, 1.165) is 6.08 Å². The van der Waals surface area contributed by atoms with Gasteiger partial charge < -0.3 is 14.8 Å². The van der Waals surface area contributed by atoms with E-state index in [9.17, 15) is 9.59 Å². The Hall–Kier alpha value is -1.14. The third-order valence-electron chi connectivity index (χ3n) is 3.26. The lowest BCUT2D eigenvalue weighted by Gasteiger charge is -2.37. The van der Waals surface area contributed by atoms with Gasteiger partial charge in [0.2, 0.25) is 0 Å². The zero-order valence-corrected chi connectivity index (χ0v) is 12.7. The third kappa shape index (κ3) is 5.01. The molecule has 5 nitrogen and oxygen atoms in total. The van der Waals surface area contributed by atoms with Gasteiger partial charge in [0.25, 0.3) is 0 Å². The highest BCUT2D eigenvalue weighted by Gasteiger charge is 2.38. The summed E-state index contributed by atoms with van der Waals surface area (Å²) in [5.74, 6) is -0.379. The van der Waals surface area contributed by atoms with E-state index >= 15 is 0 Å². The molecule has 18 heavy (non-hydrogen) atoms. The summed E-state index contributed by atoms with van der Waals surface area (Å²) in [5.41, 5.74) is 0. The molecule has 0 aromatic heterocycles. The summed E-state index contributed by atoms with van der Waals surface area (Å²) in [7, 11) is -2.00. The predicted octanol–water partition coefficient (Wildman–Crippen LogP) is 2.40. The molecule has 0 bridgehead atoms. The van der Waals surface area contributed by atoms with Crippen LogP contribution in [0.5, 0.6) is 0 Å². The lowest BCUT2D eigenvalue weighted by atomic mass is 10.2. The molecule has 6 heteroatoms. The van der Waals surface area contributed by atoms with Crippen molar-refractivity contribution >= 4 is 20.2 Å². The highest BCUT2D eigenvalue weighted by molar-refractivity contribution is 6.74. The van der Waals surface area contributed by atoms with Crippen molar-refractivity contribution < 1.29 is 19.1 Å². The molecule has 2 N–H and O–H groups in total. The van der Waals surface area contributed by atoms with Crippen LogP contribution in [0.4, 0.5) is 4.79 Å². The van der Waals surface area contributed by atoms with Gasteiger partial charge in [-0.1, -0.05) is 27.4 Å². The van der Waals surface area contributed by atoms with Crippen LogP contribution in [0.1, 0.15) is 20.8 Å². The zero-order valence-electron chi connectivity index (χ0n) is 11.7. The Kier molecular flexibility index (Phi) is 5.76. The zero-order chi connectivity index (χ0) is 14.6. The molecule has 0 saturated heterocycles. The van der Waals surface area contributed by atoms with E-state index in [1.807, 2.05) is 13.1 Å². The van der Waals surface area contributed by atoms with Gasteiger partial charge >= 0.3 is 6.09 Å². The Morgan fingerprint density at radius 3 is 2.28 bits per heavy atom. The maximum Gasteiger partial charge on any atom is 0.405 e. The van der Waals surface area contributed by atoms with Crippen LogP contribution in [0.15, 0.2) is 12.7 Å². The van der Waals surface area contributed by atoms with E-state index in [-0.39, 0.29) is 17.4 Å². The Morgan fingerprint density at radius 1 is 1.44 bits per heavy atom. The standard InChI is InChI=1S/C12H23NO4Si/c1-7-10(14)9(13-11(15)16)8-17-18(5,6)12(2,3)4/h7,9,13H,1,8H2,2-6H3,(H,15,16). The molecule has 0 aliphatic heterocycles. The van der Waals surface area contributed by atoms with Crippen molar-refractivity contribution in [3.63, 3.8) is 0 Å². The van der Waals surface area contributed by atoms with Crippen molar-refractivity contribution in [3.8, 4) is 0 Å². The molecule has 0 fully saturated rings. The van der Waals surface area contributed by atoms with Gasteiger partial charge in [-0.15, -0.1) is 0 Å². The number of rotatable bonds is 6. The van der Waals surface area contributed by atoms with Crippen LogP contribution in [-0.4, -0.2) is 37.9 Å². The molecule has 104 valence electrons. The molecule has 0 aliphatic rings. The predicted molar refractivity (Wildman–Crippen MR) is 73.3 cm³/mol. The maximum atomic E-state index is 11.5. The molecule has 0 aliphatic carbocycles. The number of ketones is 1. The van der Waals surface area contributed by atoms with Crippen LogP contribution in [0.2, 0.25) is 18.1 Å². The van der Waals surface area contributed by atoms with E-state index < -0.39 is 20.5 Å². The van der Waals surface area contributed by atoms with Crippen LogP contribution in [0.3, 0.4) is 0 Å². The van der Waals surface area contributed by atoms with Gasteiger partial charge in [0, 0.05) is 0 Å². The van der Waals surface area contributed by atoms with Crippen molar-refractivity contribution in [1.29, 1.82) is 0 Å². The van der Waals surface area contributed by atoms with Gasteiger partial charge in [-0.05, 0) is 24.2 Å². The van der Waals surface area contributed by atoms with Crippen LogP contribution < -0.4 is 5.32 Å². The number of nitrogens with one attached hydrogen (secondary N) is 1. The maximum absolute atomic E-state index is 11.5. The largest absolute Gasteiger partial charge is 0.465 e. The molecular formula is C12H23NO4Si. The van der Waals surface area contributed by atoms with Crippen molar-refractivity contribution in [1.82, 2.24) is 5.32 Å². The summed E-state index contributed by atoms with van der Waals surface area (Å²) >= 11 is 0. The van der Waals surface area contributed by atoms with E-state index in [2.05, 4.69) is 32.7 Å². The summed E-state index contributed by atoms with van der Waals surface area (Å²) in [6, 6.07) is -0.880. The van der Waals surface area contributed by atoms with Crippen LogP contribution in [-0.2, 0) is 9.22 Å². The molecule has 0 spiro atoms. The average Bonchev–Trinajstić information content (AvgIpc) is 2.21. The fourth-order valence-corrected chi connectivity index (χ4v) is 2.01. The molecular weight excluding hydrogens is 250 g/mol. The molecule has 0 rings (SSSR count). The van der Waals surface area contributed by atoms with E-state index in [0.29, 0.717) is 0 Å². The van der Waals surface area contributed by atoms with E-state index in [1.165, 1.54) is 0 Å². The number of carbonyl (C=O) groups excluding carboxylic acids is 1. The minimum Gasteiger partial charge on any atom is -0.465 e. The number of hydrogen-bond acceptors (Lipinski definition) is 3. The average molecular weight is 273 g/mol. The first kappa shape index (κ1) is 16.9. The number of hydrogen-bond donors (Lipinski definition) is 2. The van der Waals surface area contributed by atoms with Gasteiger partial charge in [0.05, 0.1) is 6.61 Å². The minimum absolute atomic E-state index is 0.0119. The molecule has 0 aromatic carbocycles. The molecule has 0 heterocycles. The summed E-state index contributed by atoms with van der Waals surface area (Å²) < 4.78 is 5.82.